The molecule has 29 heavy (non-hydrogen) atoms. The number of fused-ring (bicyclic) bond motifs is 1. The van der Waals surface area contributed by atoms with Crippen molar-refractivity contribution >= 4 is 45.1 Å². The lowest BCUT2D eigenvalue weighted by atomic mass is 9.85. The molecule has 0 saturated carbocycles. The van der Waals surface area contributed by atoms with Crippen LogP contribution in [0.15, 0.2) is 15.7 Å². The Hall–Kier alpha value is -1.32. The molecule has 2 aromatic heterocycles. The summed E-state index contributed by atoms with van der Waals surface area (Å²) in [6.45, 7) is 4.86. The van der Waals surface area contributed by atoms with Gasteiger partial charge < -0.3 is 15.7 Å². The Bertz CT molecular complexity index is 883. The van der Waals surface area contributed by atoms with Gasteiger partial charge in [-0.2, -0.15) is 5.10 Å². The molecule has 0 bridgehead atoms. The van der Waals surface area contributed by atoms with E-state index in [4.69, 9.17) is 10.7 Å². The zero-order chi connectivity index (χ0) is 21.2. The summed E-state index contributed by atoms with van der Waals surface area (Å²) in [5.74, 6) is 0.651. The Morgan fingerprint density at radius 1 is 1.45 bits per heavy atom. The number of rotatable bonds is 8. The van der Waals surface area contributed by atoms with E-state index in [1.54, 1.807) is 18.0 Å². The summed E-state index contributed by atoms with van der Waals surface area (Å²) in [4.78, 5) is 19.2. The highest BCUT2D eigenvalue weighted by atomic mass is 79.9. The van der Waals surface area contributed by atoms with Crippen molar-refractivity contribution in [2.24, 2.45) is 11.1 Å². The molecular formula is C20H30BrN5O2S. The lowest BCUT2D eigenvalue weighted by molar-refractivity contribution is -0.126. The van der Waals surface area contributed by atoms with Crippen LogP contribution in [0.2, 0.25) is 0 Å². The average molecular weight is 484 g/mol. The Labute approximate surface area is 184 Å². The second kappa shape index (κ2) is 9.22. The SMILES string of the molecule is CSc1c(CCC(C)(C)C(N)=O)c(N2CCCC[C@H]2CCO)nc2c(Br)cnn12. The molecule has 2 aromatic rings. The Kier molecular flexibility index (Phi) is 7.11. The van der Waals surface area contributed by atoms with Gasteiger partial charge in [-0.1, -0.05) is 13.8 Å². The molecule has 0 radical (unpaired) electrons. The largest absolute Gasteiger partial charge is 0.396 e. The number of carbonyl (C=O) groups excluding carboxylic acids is 1. The first-order valence-electron chi connectivity index (χ1n) is 10.1. The van der Waals surface area contributed by atoms with Crippen LogP contribution in [0.5, 0.6) is 0 Å². The molecule has 160 valence electrons. The number of aliphatic hydroxyl groups is 1. The van der Waals surface area contributed by atoms with Gasteiger partial charge in [0.25, 0.3) is 0 Å². The predicted molar refractivity (Wildman–Crippen MR) is 120 cm³/mol. The minimum atomic E-state index is -0.598. The number of thioether (sulfide) groups is 1. The fourth-order valence-electron chi connectivity index (χ4n) is 3.92. The number of aliphatic hydroxyl groups excluding tert-OH is 1. The number of amides is 1. The summed E-state index contributed by atoms with van der Waals surface area (Å²) in [6, 6.07) is 0.267. The molecule has 9 heteroatoms. The number of anilines is 1. The number of hydrogen-bond acceptors (Lipinski definition) is 6. The van der Waals surface area contributed by atoms with Gasteiger partial charge in [-0.05, 0) is 60.7 Å². The standard InChI is InChI=1S/C20H30BrN5O2S/c1-20(2,19(22)28)9-7-14-16(25-10-5-4-6-13(25)8-11-27)24-17-15(21)12-23-26(17)18(14)29-3/h12-13,27H,4-11H2,1-3H3,(H2,22,28)/t13-/m0/s1. The zero-order valence-corrected chi connectivity index (χ0v) is 19.7. The van der Waals surface area contributed by atoms with Crippen LogP contribution in [0, 0.1) is 5.41 Å². The molecule has 1 aliphatic rings. The van der Waals surface area contributed by atoms with Crippen LogP contribution in [0.4, 0.5) is 5.82 Å². The smallest absolute Gasteiger partial charge is 0.223 e. The van der Waals surface area contributed by atoms with Gasteiger partial charge in [0.2, 0.25) is 5.91 Å². The molecule has 0 aromatic carbocycles. The highest BCUT2D eigenvalue weighted by Crippen LogP contribution is 2.37. The Balaban J connectivity index is 2.12. The fraction of sp³-hybridized carbons (Fsp3) is 0.650. The number of hydrogen-bond donors (Lipinski definition) is 2. The van der Waals surface area contributed by atoms with Gasteiger partial charge >= 0.3 is 0 Å². The highest BCUT2D eigenvalue weighted by Gasteiger charge is 2.31. The van der Waals surface area contributed by atoms with Gasteiger partial charge in [-0.15, -0.1) is 11.8 Å². The maximum Gasteiger partial charge on any atom is 0.223 e. The van der Waals surface area contributed by atoms with Crippen molar-refractivity contribution in [1.29, 1.82) is 0 Å². The third-order valence-corrected chi connectivity index (χ3v) is 7.22. The summed E-state index contributed by atoms with van der Waals surface area (Å²) in [5.41, 5.74) is 6.91. The van der Waals surface area contributed by atoms with Crippen LogP contribution in [0.1, 0.15) is 51.5 Å². The van der Waals surface area contributed by atoms with Crippen molar-refractivity contribution < 1.29 is 9.90 Å². The van der Waals surface area contributed by atoms with Gasteiger partial charge in [0, 0.05) is 30.2 Å². The lowest BCUT2D eigenvalue weighted by Gasteiger charge is -2.38. The average Bonchev–Trinajstić information content (AvgIpc) is 3.06. The number of primary amides is 1. The van der Waals surface area contributed by atoms with Crippen molar-refractivity contribution in [3.05, 3.63) is 16.2 Å². The summed E-state index contributed by atoms with van der Waals surface area (Å²) in [5, 5.41) is 15.1. The molecule has 1 atom stereocenters. The monoisotopic (exact) mass is 483 g/mol. The maximum atomic E-state index is 11.9. The predicted octanol–water partition coefficient (Wildman–Crippen LogP) is 3.40. The molecule has 3 heterocycles. The number of piperidine rings is 1. The summed E-state index contributed by atoms with van der Waals surface area (Å²) in [7, 11) is 0. The normalized spacial score (nSPS) is 17.8. The van der Waals surface area contributed by atoms with Crippen LogP contribution in [0.25, 0.3) is 5.65 Å². The minimum Gasteiger partial charge on any atom is -0.396 e. The van der Waals surface area contributed by atoms with E-state index in [0.717, 1.165) is 52.3 Å². The van der Waals surface area contributed by atoms with E-state index in [0.29, 0.717) is 12.8 Å². The molecule has 3 N–H and O–H groups in total. The number of halogens is 1. The van der Waals surface area contributed by atoms with Crippen LogP contribution < -0.4 is 10.6 Å². The first-order chi connectivity index (χ1) is 13.8. The van der Waals surface area contributed by atoms with E-state index in [9.17, 15) is 9.90 Å². The van der Waals surface area contributed by atoms with Crippen LogP contribution in [0.3, 0.4) is 0 Å². The first kappa shape index (κ1) is 22.4. The molecule has 1 aliphatic heterocycles. The van der Waals surface area contributed by atoms with Crippen molar-refractivity contribution in [2.45, 2.75) is 63.4 Å². The summed E-state index contributed by atoms with van der Waals surface area (Å²) in [6.07, 6.45) is 9.18. The zero-order valence-electron chi connectivity index (χ0n) is 17.3. The van der Waals surface area contributed by atoms with Crippen molar-refractivity contribution in [1.82, 2.24) is 14.6 Å². The highest BCUT2D eigenvalue weighted by molar-refractivity contribution is 9.10. The molecule has 3 rings (SSSR count). The molecule has 0 aliphatic carbocycles. The first-order valence-corrected chi connectivity index (χ1v) is 12.1. The number of nitrogens with two attached hydrogens (primary N) is 1. The second-order valence-electron chi connectivity index (χ2n) is 8.25. The van der Waals surface area contributed by atoms with E-state index in [-0.39, 0.29) is 18.6 Å². The third-order valence-electron chi connectivity index (χ3n) is 5.85. The summed E-state index contributed by atoms with van der Waals surface area (Å²) >= 11 is 5.21. The molecule has 1 fully saturated rings. The topological polar surface area (TPSA) is 96.8 Å². The van der Waals surface area contributed by atoms with E-state index in [1.165, 1.54) is 6.42 Å². The van der Waals surface area contributed by atoms with Crippen molar-refractivity contribution in [3.8, 4) is 0 Å². The molecule has 0 unspecified atom stereocenters. The quantitative estimate of drug-likeness (QED) is 0.441. The molecule has 0 spiro atoms. The number of nitrogens with zero attached hydrogens (tertiary/aromatic N) is 4. The van der Waals surface area contributed by atoms with Crippen molar-refractivity contribution in [3.63, 3.8) is 0 Å². The van der Waals surface area contributed by atoms with E-state index < -0.39 is 5.41 Å². The molecule has 7 nitrogen and oxygen atoms in total. The fourth-order valence-corrected chi connectivity index (χ4v) is 5.01. The van der Waals surface area contributed by atoms with Crippen LogP contribution in [-0.4, -0.2) is 51.1 Å². The molecular weight excluding hydrogens is 454 g/mol. The van der Waals surface area contributed by atoms with Gasteiger partial charge in [-0.25, -0.2) is 9.50 Å². The van der Waals surface area contributed by atoms with Gasteiger partial charge in [0.15, 0.2) is 5.65 Å². The van der Waals surface area contributed by atoms with Crippen LogP contribution in [-0.2, 0) is 11.2 Å². The maximum absolute atomic E-state index is 11.9. The van der Waals surface area contributed by atoms with Crippen molar-refractivity contribution in [2.75, 3.05) is 24.3 Å². The molecule has 1 amide bonds. The number of aromatic nitrogens is 3. The minimum absolute atomic E-state index is 0.166. The Morgan fingerprint density at radius 3 is 2.86 bits per heavy atom. The third kappa shape index (κ3) is 4.56. The number of carbonyl (C=O) groups is 1. The van der Waals surface area contributed by atoms with E-state index in [2.05, 4.69) is 25.9 Å². The van der Waals surface area contributed by atoms with E-state index >= 15 is 0 Å². The lowest BCUT2D eigenvalue weighted by Crippen LogP contribution is -2.41. The Morgan fingerprint density at radius 2 is 2.21 bits per heavy atom. The second-order valence-corrected chi connectivity index (χ2v) is 9.90. The van der Waals surface area contributed by atoms with Gasteiger partial charge in [-0.3, -0.25) is 4.79 Å². The molecule has 1 saturated heterocycles. The van der Waals surface area contributed by atoms with Gasteiger partial charge in [0.1, 0.15) is 10.8 Å². The van der Waals surface area contributed by atoms with Gasteiger partial charge in [0.05, 0.1) is 10.7 Å². The van der Waals surface area contributed by atoms with Crippen LogP contribution >= 0.6 is 27.7 Å². The van der Waals surface area contributed by atoms with E-state index in [1.807, 2.05) is 24.6 Å². The summed E-state index contributed by atoms with van der Waals surface area (Å²) < 4.78 is 2.73.